The second-order valence-electron chi connectivity index (χ2n) is 7.34. The molecule has 0 saturated heterocycles. The summed E-state index contributed by atoms with van der Waals surface area (Å²) in [4.78, 5) is 43.3. The summed E-state index contributed by atoms with van der Waals surface area (Å²) in [5.74, 6) is 2.46. The fourth-order valence-corrected chi connectivity index (χ4v) is 2.53. The minimum absolute atomic E-state index is 0. The highest BCUT2D eigenvalue weighted by atomic mass is 20.0. The molecule has 0 radical (unpaired) electrons. The summed E-state index contributed by atoms with van der Waals surface area (Å²) in [6.45, 7) is 3.88. The molecular weight excluding hydrogens is 647 g/mol. The molecular formula is C29H39F5N2O11. The minimum Gasteiger partial charge on any atom is -0.496 e. The van der Waals surface area contributed by atoms with Crippen LogP contribution in [0, 0.1) is 25.7 Å². The highest BCUT2D eigenvalue weighted by molar-refractivity contribution is 5.99. The molecule has 0 spiro atoms. The monoisotopic (exact) mass is 686 g/mol. The first-order valence-corrected chi connectivity index (χ1v) is 12.1. The number of hydrogen-bond acceptors (Lipinski definition) is 13. The van der Waals surface area contributed by atoms with Gasteiger partial charge in [-0.2, -0.15) is 0 Å². The van der Waals surface area contributed by atoms with E-state index >= 15 is 0 Å². The Balaban J connectivity index is -0.000000185. The molecule has 0 atom stereocenters. The van der Waals surface area contributed by atoms with E-state index in [4.69, 9.17) is 38.6 Å². The summed E-state index contributed by atoms with van der Waals surface area (Å²) < 4.78 is 59.6. The molecule has 0 saturated carbocycles. The number of ether oxygens (including phenoxy) is 6. The van der Waals surface area contributed by atoms with Crippen LogP contribution in [-0.4, -0.2) is 78.8 Å². The van der Waals surface area contributed by atoms with Crippen molar-refractivity contribution < 1.29 is 75.7 Å². The first-order valence-electron chi connectivity index (χ1n) is 12.1. The number of nitrogens with two attached hydrogens (primary N) is 1. The quantitative estimate of drug-likeness (QED) is 0.0755. The largest absolute Gasteiger partial charge is 0.496 e. The summed E-state index contributed by atoms with van der Waals surface area (Å²) >= 11 is 0. The third-order valence-corrected chi connectivity index (χ3v) is 4.63. The molecule has 0 amide bonds. The van der Waals surface area contributed by atoms with Gasteiger partial charge in [-0.1, -0.05) is 12.1 Å². The van der Waals surface area contributed by atoms with Crippen LogP contribution in [0.5, 0.6) is 11.5 Å². The van der Waals surface area contributed by atoms with Crippen molar-refractivity contribution in [3.63, 3.8) is 0 Å². The van der Waals surface area contributed by atoms with Crippen LogP contribution in [0.25, 0.3) is 0 Å². The van der Waals surface area contributed by atoms with Crippen molar-refractivity contribution in [2.24, 2.45) is 0 Å². The Morgan fingerprint density at radius 1 is 0.723 bits per heavy atom. The van der Waals surface area contributed by atoms with Crippen LogP contribution in [0.3, 0.4) is 0 Å². The normalized spacial score (nSPS) is 8.43. The first-order chi connectivity index (χ1) is 21.9. The molecule has 2 rings (SSSR count). The molecule has 0 aliphatic heterocycles. The summed E-state index contributed by atoms with van der Waals surface area (Å²) in [6.07, 6.45) is 1.03. The van der Waals surface area contributed by atoms with Crippen molar-refractivity contribution in [2.45, 2.75) is 13.8 Å². The number of benzene rings is 2. The number of aliphatic hydroxyl groups is 1. The van der Waals surface area contributed by atoms with Gasteiger partial charge < -0.3 is 44.6 Å². The van der Waals surface area contributed by atoms with Gasteiger partial charge in [-0.15, -0.1) is 0 Å². The maximum atomic E-state index is 11.6. The number of aryl methyl sites for hydroxylation is 2. The van der Waals surface area contributed by atoms with Crippen LogP contribution in [-0.2, 0) is 38.1 Å². The minimum atomic E-state index is -0.759. The van der Waals surface area contributed by atoms with Gasteiger partial charge in [0.15, 0.2) is 0 Å². The van der Waals surface area contributed by atoms with Crippen LogP contribution in [0.15, 0.2) is 48.2 Å². The Bertz CT molecular complexity index is 1260. The smallest absolute Gasteiger partial charge is 0.384 e. The molecule has 0 aromatic heterocycles. The van der Waals surface area contributed by atoms with Crippen molar-refractivity contribution in [3.8, 4) is 23.3 Å². The maximum Gasteiger partial charge on any atom is 0.384 e. The Morgan fingerprint density at radius 2 is 1.15 bits per heavy atom. The second-order valence-corrected chi connectivity index (χ2v) is 7.34. The lowest BCUT2D eigenvalue weighted by molar-refractivity contribution is -0.138. The molecule has 0 unspecified atom stereocenters. The number of hydrogen-bond donors (Lipinski definition) is 3. The molecule has 4 N–H and O–H groups in total. The SMILES string of the molecule is CO.COC(=O)/C=C(/Nc1ccc(C)c(OC)c1)C(=O)OC.COC(=O)C#CC(=O)OC.COc1cc(N)ccc1C.F.FF.FF. The summed E-state index contributed by atoms with van der Waals surface area (Å²) in [5, 5.41) is 9.80. The summed E-state index contributed by atoms with van der Waals surface area (Å²) in [7, 11) is 9.00. The van der Waals surface area contributed by atoms with E-state index in [0.717, 1.165) is 35.7 Å². The van der Waals surface area contributed by atoms with Gasteiger partial charge >= 0.3 is 23.9 Å². The van der Waals surface area contributed by atoms with E-state index in [1.54, 1.807) is 26.4 Å². The predicted octanol–water partition coefficient (Wildman–Crippen LogP) is 4.01. The van der Waals surface area contributed by atoms with E-state index in [-0.39, 0.29) is 10.4 Å². The number of nitrogen functional groups attached to an aromatic ring is 1. The zero-order valence-electron chi connectivity index (χ0n) is 27.1. The van der Waals surface area contributed by atoms with Gasteiger partial charge in [-0.05, 0) is 37.1 Å². The van der Waals surface area contributed by atoms with Gasteiger partial charge in [0.1, 0.15) is 17.2 Å². The van der Waals surface area contributed by atoms with Crippen molar-refractivity contribution in [1.82, 2.24) is 0 Å². The standard InChI is InChI=1S/C14H17NO5.C8H11NO.C6H6O4.CH4O.2F2.FH/c1-9-5-6-10(7-12(9)18-2)15-11(14(17)20-4)8-13(16)19-3;1-6-3-4-7(9)5-8(6)10-2;1-9-5(7)3-4-6(8)10-2;3*1-2;/h5-8,15H,1-4H3;3-5H,9H2,1-2H3;1-2H3;2H,1H3;;;1H/b11-8+;;;;;;. The number of methoxy groups -OCH3 is 6. The molecule has 0 fully saturated rings. The van der Waals surface area contributed by atoms with Crippen LogP contribution < -0.4 is 20.5 Å². The lowest BCUT2D eigenvalue weighted by Crippen LogP contribution is -2.15. The third kappa shape index (κ3) is 24.4. The fourth-order valence-electron chi connectivity index (χ4n) is 2.53. The van der Waals surface area contributed by atoms with Crippen LogP contribution >= 0.6 is 0 Å². The van der Waals surface area contributed by atoms with E-state index in [2.05, 4.69) is 24.3 Å². The van der Waals surface area contributed by atoms with Gasteiger partial charge in [0.2, 0.25) is 0 Å². The maximum absolute atomic E-state index is 11.6. The van der Waals surface area contributed by atoms with E-state index in [1.165, 1.54) is 28.4 Å². The Labute approximate surface area is 268 Å². The van der Waals surface area contributed by atoms with E-state index < -0.39 is 23.9 Å². The lowest BCUT2D eigenvalue weighted by Gasteiger charge is -2.11. The molecule has 47 heavy (non-hydrogen) atoms. The molecule has 0 heterocycles. The molecule has 0 bridgehead atoms. The van der Waals surface area contributed by atoms with Gasteiger partial charge in [0.05, 0.1) is 48.7 Å². The van der Waals surface area contributed by atoms with Gasteiger partial charge in [0.25, 0.3) is 0 Å². The zero-order valence-corrected chi connectivity index (χ0v) is 27.1. The number of aliphatic hydroxyl groups excluding tert-OH is 1. The topological polar surface area (TPSA) is 182 Å². The van der Waals surface area contributed by atoms with E-state index in [0.29, 0.717) is 11.4 Å². The van der Waals surface area contributed by atoms with Crippen molar-refractivity contribution >= 4 is 35.3 Å². The lowest BCUT2D eigenvalue weighted by atomic mass is 10.2. The van der Waals surface area contributed by atoms with Gasteiger partial charge in [-0.25, -0.2) is 19.2 Å². The highest BCUT2D eigenvalue weighted by Crippen LogP contribution is 2.23. The van der Waals surface area contributed by atoms with Crippen LogP contribution in [0.2, 0.25) is 0 Å². The molecule has 2 aromatic rings. The second kappa shape index (κ2) is 33.3. The van der Waals surface area contributed by atoms with Gasteiger partial charge in [-0.3, -0.25) is 4.70 Å². The molecule has 13 nitrogen and oxygen atoms in total. The number of halogens is 5. The Kier molecular flexibility index (Phi) is 36.2. The number of esters is 4. The average Bonchev–Trinajstić information content (AvgIpc) is 3.11. The summed E-state index contributed by atoms with van der Waals surface area (Å²) in [5.41, 5.74) is 8.89. The van der Waals surface area contributed by atoms with E-state index in [1.807, 2.05) is 50.0 Å². The predicted molar refractivity (Wildman–Crippen MR) is 162 cm³/mol. The number of anilines is 2. The van der Waals surface area contributed by atoms with Crippen LogP contribution in [0.4, 0.5) is 34.4 Å². The summed E-state index contributed by atoms with van der Waals surface area (Å²) in [6, 6.07) is 10.9. The molecule has 0 aliphatic carbocycles. The van der Waals surface area contributed by atoms with Crippen molar-refractivity contribution in [3.05, 3.63) is 59.3 Å². The number of carbonyl (C=O) groups excluding carboxylic acids is 4. The van der Waals surface area contributed by atoms with E-state index in [9.17, 15) is 19.2 Å². The van der Waals surface area contributed by atoms with Crippen LogP contribution in [0.1, 0.15) is 11.1 Å². The Hall–Kier alpha value is -5.57. The van der Waals surface area contributed by atoms with Crippen molar-refractivity contribution in [2.75, 3.05) is 60.8 Å². The first kappa shape index (κ1) is 51.0. The van der Waals surface area contributed by atoms with Crippen molar-refractivity contribution in [1.29, 1.82) is 0 Å². The Morgan fingerprint density at radius 3 is 1.51 bits per heavy atom. The highest BCUT2D eigenvalue weighted by Gasteiger charge is 2.13. The molecule has 18 heteroatoms. The fraction of sp³-hybridized carbons (Fsp3) is 0.310. The molecule has 266 valence electrons. The average molecular weight is 687 g/mol. The zero-order chi connectivity index (χ0) is 36.7. The number of carbonyl (C=O) groups is 4. The molecule has 0 aliphatic rings. The molecule has 2 aromatic carbocycles. The van der Waals surface area contributed by atoms with Gasteiger partial charge in [0, 0.05) is 60.8 Å². The number of nitrogens with one attached hydrogen (secondary N) is 1. The third-order valence-electron chi connectivity index (χ3n) is 4.63. The number of rotatable bonds is 6.